The summed E-state index contributed by atoms with van der Waals surface area (Å²) >= 11 is 3.50. The van der Waals surface area contributed by atoms with Gasteiger partial charge < -0.3 is 9.64 Å². The number of amides is 1. The smallest absolute Gasteiger partial charge is 0.410 e. The lowest BCUT2D eigenvalue weighted by Crippen LogP contribution is -2.36. The SMILES string of the molecule is O=C(OCc1ccccc1)N1CCC(=CCc2cccc(Br)c2)CC1. The van der Waals surface area contributed by atoms with Gasteiger partial charge in [0.2, 0.25) is 0 Å². The van der Waals surface area contributed by atoms with E-state index in [4.69, 9.17) is 4.74 Å². The van der Waals surface area contributed by atoms with Crippen LogP contribution < -0.4 is 0 Å². The first-order valence-electron chi connectivity index (χ1n) is 8.59. The lowest BCUT2D eigenvalue weighted by Gasteiger charge is -2.27. The molecule has 0 spiro atoms. The van der Waals surface area contributed by atoms with Gasteiger partial charge in [-0.1, -0.05) is 70.0 Å². The summed E-state index contributed by atoms with van der Waals surface area (Å²) < 4.78 is 6.52. The Balaban J connectivity index is 1.44. The number of hydrogen-bond acceptors (Lipinski definition) is 2. The molecule has 0 aliphatic carbocycles. The third-order valence-electron chi connectivity index (χ3n) is 4.38. The second kappa shape index (κ2) is 8.86. The van der Waals surface area contributed by atoms with Crippen molar-refractivity contribution in [1.82, 2.24) is 4.90 Å². The molecule has 0 N–H and O–H groups in total. The van der Waals surface area contributed by atoms with Crippen LogP contribution in [-0.2, 0) is 17.8 Å². The maximum Gasteiger partial charge on any atom is 0.410 e. The van der Waals surface area contributed by atoms with Crippen LogP contribution in [0.3, 0.4) is 0 Å². The van der Waals surface area contributed by atoms with Crippen LogP contribution in [0.25, 0.3) is 0 Å². The van der Waals surface area contributed by atoms with Gasteiger partial charge in [0.1, 0.15) is 6.61 Å². The number of likely N-dealkylation sites (tertiary alicyclic amines) is 1. The Bertz CT molecular complexity index is 733. The number of nitrogens with zero attached hydrogens (tertiary/aromatic N) is 1. The molecule has 0 atom stereocenters. The highest BCUT2D eigenvalue weighted by Gasteiger charge is 2.20. The second-order valence-electron chi connectivity index (χ2n) is 6.22. The summed E-state index contributed by atoms with van der Waals surface area (Å²) in [6, 6.07) is 18.2. The van der Waals surface area contributed by atoms with Gasteiger partial charge in [-0.15, -0.1) is 0 Å². The van der Waals surface area contributed by atoms with Gasteiger partial charge in [-0.25, -0.2) is 4.79 Å². The lowest BCUT2D eigenvalue weighted by molar-refractivity contribution is 0.0935. The van der Waals surface area contributed by atoms with Crippen LogP contribution >= 0.6 is 15.9 Å². The Labute approximate surface area is 157 Å². The molecular weight excluding hydrogens is 378 g/mol. The minimum Gasteiger partial charge on any atom is -0.445 e. The fourth-order valence-corrected chi connectivity index (χ4v) is 3.36. The zero-order valence-corrected chi connectivity index (χ0v) is 15.7. The molecule has 3 rings (SSSR count). The fourth-order valence-electron chi connectivity index (χ4n) is 2.92. The first kappa shape index (κ1) is 17.7. The zero-order valence-electron chi connectivity index (χ0n) is 14.2. The Morgan fingerprint density at radius 1 is 1.04 bits per heavy atom. The van der Waals surface area contributed by atoms with E-state index < -0.39 is 0 Å². The average molecular weight is 400 g/mol. The van der Waals surface area contributed by atoms with E-state index in [9.17, 15) is 4.79 Å². The van der Waals surface area contributed by atoms with Crippen molar-refractivity contribution in [3.05, 3.63) is 81.8 Å². The third kappa shape index (κ3) is 5.46. The molecule has 2 aromatic rings. The molecule has 1 heterocycles. The van der Waals surface area contributed by atoms with Gasteiger partial charge in [0, 0.05) is 17.6 Å². The number of carbonyl (C=O) groups is 1. The summed E-state index contributed by atoms with van der Waals surface area (Å²) in [5.74, 6) is 0. The molecular formula is C21H22BrNO2. The molecule has 1 saturated heterocycles. The topological polar surface area (TPSA) is 29.5 Å². The largest absolute Gasteiger partial charge is 0.445 e. The standard InChI is InChI=1S/C21H22BrNO2/c22-20-8-4-7-18(15-20)10-9-17-11-13-23(14-12-17)21(24)25-16-19-5-2-1-3-6-19/h1-9,15H,10-14,16H2. The second-order valence-corrected chi connectivity index (χ2v) is 7.14. The van der Waals surface area contributed by atoms with Crippen molar-refractivity contribution in [2.45, 2.75) is 25.9 Å². The molecule has 0 bridgehead atoms. The maximum atomic E-state index is 12.2. The van der Waals surface area contributed by atoms with Crippen LogP contribution in [-0.4, -0.2) is 24.1 Å². The summed E-state index contributed by atoms with van der Waals surface area (Å²) in [6.07, 6.45) is 4.87. The van der Waals surface area contributed by atoms with Crippen LogP contribution in [0.1, 0.15) is 24.0 Å². The molecule has 1 aliphatic rings. The summed E-state index contributed by atoms with van der Waals surface area (Å²) in [4.78, 5) is 14.0. The molecule has 1 fully saturated rings. The third-order valence-corrected chi connectivity index (χ3v) is 4.88. The molecule has 0 unspecified atom stereocenters. The fraction of sp³-hybridized carbons (Fsp3) is 0.286. The van der Waals surface area contributed by atoms with Gasteiger partial charge >= 0.3 is 6.09 Å². The van der Waals surface area contributed by atoms with Crippen molar-refractivity contribution in [2.24, 2.45) is 0 Å². The number of rotatable bonds is 4. The number of benzene rings is 2. The average Bonchev–Trinajstić information content (AvgIpc) is 2.66. The maximum absolute atomic E-state index is 12.2. The van der Waals surface area contributed by atoms with Crippen molar-refractivity contribution in [1.29, 1.82) is 0 Å². The minimum atomic E-state index is -0.213. The van der Waals surface area contributed by atoms with E-state index in [0.717, 1.165) is 42.4 Å². The van der Waals surface area contributed by atoms with Gasteiger partial charge in [0.15, 0.2) is 0 Å². The molecule has 130 valence electrons. The summed E-state index contributed by atoms with van der Waals surface area (Å²) in [5.41, 5.74) is 3.74. The van der Waals surface area contributed by atoms with Gasteiger partial charge in [-0.05, 0) is 42.5 Å². The zero-order chi connectivity index (χ0) is 17.5. The van der Waals surface area contributed by atoms with Crippen LogP contribution in [0.2, 0.25) is 0 Å². The monoisotopic (exact) mass is 399 g/mol. The predicted octanol–water partition coefficient (Wildman–Crippen LogP) is 5.35. The first-order valence-corrected chi connectivity index (χ1v) is 9.38. The molecule has 4 heteroatoms. The van der Waals surface area contributed by atoms with E-state index in [2.05, 4.69) is 40.2 Å². The first-order chi connectivity index (χ1) is 12.2. The predicted molar refractivity (Wildman–Crippen MR) is 103 cm³/mol. The normalized spacial score (nSPS) is 14.3. The summed E-state index contributed by atoms with van der Waals surface area (Å²) in [7, 11) is 0. The van der Waals surface area contributed by atoms with E-state index in [-0.39, 0.29) is 6.09 Å². The van der Waals surface area contributed by atoms with E-state index in [1.807, 2.05) is 36.4 Å². The van der Waals surface area contributed by atoms with Crippen LogP contribution in [0.4, 0.5) is 4.79 Å². The quantitative estimate of drug-likeness (QED) is 0.648. The molecule has 3 nitrogen and oxygen atoms in total. The highest BCUT2D eigenvalue weighted by atomic mass is 79.9. The molecule has 25 heavy (non-hydrogen) atoms. The lowest BCUT2D eigenvalue weighted by atomic mass is 10.0. The Hall–Kier alpha value is -2.07. The minimum absolute atomic E-state index is 0.213. The van der Waals surface area contributed by atoms with Crippen LogP contribution in [0.15, 0.2) is 70.7 Å². The molecule has 0 saturated carbocycles. The molecule has 0 aromatic heterocycles. The Morgan fingerprint density at radius 3 is 2.48 bits per heavy atom. The van der Waals surface area contributed by atoms with E-state index in [1.54, 1.807) is 4.90 Å². The van der Waals surface area contributed by atoms with E-state index >= 15 is 0 Å². The van der Waals surface area contributed by atoms with Crippen molar-refractivity contribution in [2.75, 3.05) is 13.1 Å². The summed E-state index contributed by atoms with van der Waals surface area (Å²) in [6.45, 7) is 1.80. The number of carbonyl (C=O) groups excluding carboxylic acids is 1. The number of allylic oxidation sites excluding steroid dienone is 1. The summed E-state index contributed by atoms with van der Waals surface area (Å²) in [5, 5.41) is 0. The molecule has 1 amide bonds. The number of halogens is 1. The highest BCUT2D eigenvalue weighted by molar-refractivity contribution is 9.10. The molecule has 2 aromatic carbocycles. The van der Waals surface area contributed by atoms with Gasteiger partial charge in [-0.2, -0.15) is 0 Å². The highest BCUT2D eigenvalue weighted by Crippen LogP contribution is 2.19. The van der Waals surface area contributed by atoms with Crippen LogP contribution in [0, 0.1) is 0 Å². The number of piperidine rings is 1. The van der Waals surface area contributed by atoms with Crippen molar-refractivity contribution in [3.63, 3.8) is 0 Å². The number of ether oxygens (including phenoxy) is 1. The van der Waals surface area contributed by atoms with Crippen LogP contribution in [0.5, 0.6) is 0 Å². The van der Waals surface area contributed by atoms with E-state index in [0.29, 0.717) is 6.61 Å². The van der Waals surface area contributed by atoms with Crippen molar-refractivity contribution in [3.8, 4) is 0 Å². The molecule has 1 aliphatic heterocycles. The van der Waals surface area contributed by atoms with Crippen molar-refractivity contribution < 1.29 is 9.53 Å². The van der Waals surface area contributed by atoms with Gasteiger partial charge in [0.25, 0.3) is 0 Å². The van der Waals surface area contributed by atoms with E-state index in [1.165, 1.54) is 11.1 Å². The number of hydrogen-bond donors (Lipinski definition) is 0. The van der Waals surface area contributed by atoms with Crippen molar-refractivity contribution >= 4 is 22.0 Å². The van der Waals surface area contributed by atoms with Gasteiger partial charge in [-0.3, -0.25) is 0 Å². The Morgan fingerprint density at radius 2 is 1.76 bits per heavy atom. The Kier molecular flexibility index (Phi) is 6.29. The molecule has 0 radical (unpaired) electrons. The van der Waals surface area contributed by atoms with Gasteiger partial charge in [0.05, 0.1) is 0 Å².